The van der Waals surface area contributed by atoms with Crippen LogP contribution in [0.2, 0.25) is 0 Å². The van der Waals surface area contributed by atoms with Crippen LogP contribution in [0.25, 0.3) is 0 Å². The Morgan fingerprint density at radius 1 is 1.00 bits per heavy atom. The van der Waals surface area contributed by atoms with Crippen LogP contribution in [0.4, 0.5) is 0 Å². The first-order valence-corrected chi connectivity index (χ1v) is 10.6. The van der Waals surface area contributed by atoms with Crippen molar-refractivity contribution in [1.29, 1.82) is 0 Å². The van der Waals surface area contributed by atoms with E-state index in [9.17, 15) is 0 Å². The molecule has 5 nitrogen and oxygen atoms in total. The summed E-state index contributed by atoms with van der Waals surface area (Å²) in [5.74, 6) is 2.53. The van der Waals surface area contributed by atoms with E-state index < -0.39 is 0 Å². The zero-order chi connectivity index (χ0) is 20.3. The molecule has 0 atom stereocenters. The van der Waals surface area contributed by atoms with Crippen LogP contribution in [0.3, 0.4) is 0 Å². The molecule has 1 aliphatic rings. The zero-order valence-corrected chi connectivity index (χ0v) is 20.5. The van der Waals surface area contributed by atoms with Gasteiger partial charge in [-0.1, -0.05) is 42.5 Å². The first-order chi connectivity index (χ1) is 14.3. The van der Waals surface area contributed by atoms with Crippen molar-refractivity contribution in [3.8, 4) is 5.75 Å². The number of ether oxygens (including phenoxy) is 1. The standard InChI is InChI=1S/C24H34N4O.HI/c1-25-24(26-15-12-20-6-4-3-5-7-20)27-18-21-13-16-28(17-14-21)19-22-8-10-23(29-2)11-9-22;/h3-11,21H,12-19H2,1-2H3,(H2,25,26,27);1H. The maximum Gasteiger partial charge on any atom is 0.190 e. The Hall–Kier alpha value is -1.80. The molecule has 164 valence electrons. The van der Waals surface area contributed by atoms with Crippen LogP contribution < -0.4 is 15.4 Å². The average molecular weight is 522 g/mol. The summed E-state index contributed by atoms with van der Waals surface area (Å²) >= 11 is 0. The zero-order valence-electron chi connectivity index (χ0n) is 18.1. The molecule has 3 rings (SSSR count). The lowest BCUT2D eigenvalue weighted by atomic mass is 9.96. The second kappa shape index (κ2) is 13.5. The molecule has 0 radical (unpaired) electrons. The Balaban J connectivity index is 0.00000320. The number of rotatable bonds is 8. The highest BCUT2D eigenvalue weighted by Crippen LogP contribution is 2.19. The van der Waals surface area contributed by atoms with Crippen molar-refractivity contribution in [2.24, 2.45) is 10.9 Å². The molecule has 0 unspecified atom stereocenters. The van der Waals surface area contributed by atoms with Crippen LogP contribution in [-0.4, -0.2) is 51.2 Å². The van der Waals surface area contributed by atoms with E-state index in [1.807, 2.05) is 19.2 Å². The van der Waals surface area contributed by atoms with Crippen LogP contribution in [0.1, 0.15) is 24.0 Å². The van der Waals surface area contributed by atoms with Crippen molar-refractivity contribution in [3.05, 3.63) is 65.7 Å². The Labute approximate surface area is 198 Å². The molecule has 1 heterocycles. The topological polar surface area (TPSA) is 48.9 Å². The van der Waals surface area contributed by atoms with E-state index >= 15 is 0 Å². The van der Waals surface area contributed by atoms with Gasteiger partial charge in [-0.05, 0) is 61.5 Å². The van der Waals surface area contributed by atoms with Gasteiger partial charge in [0.05, 0.1) is 7.11 Å². The van der Waals surface area contributed by atoms with Gasteiger partial charge in [-0.2, -0.15) is 0 Å². The Kier molecular flexibility index (Phi) is 11.0. The summed E-state index contributed by atoms with van der Waals surface area (Å²) in [5, 5.41) is 6.94. The van der Waals surface area contributed by atoms with E-state index in [0.29, 0.717) is 5.92 Å². The number of hydrogen-bond acceptors (Lipinski definition) is 3. The Morgan fingerprint density at radius 3 is 2.33 bits per heavy atom. The third-order valence-electron chi connectivity index (χ3n) is 5.60. The van der Waals surface area contributed by atoms with Gasteiger partial charge in [-0.3, -0.25) is 9.89 Å². The van der Waals surface area contributed by atoms with E-state index in [1.54, 1.807) is 7.11 Å². The van der Waals surface area contributed by atoms with Gasteiger partial charge in [-0.25, -0.2) is 0 Å². The van der Waals surface area contributed by atoms with E-state index in [0.717, 1.165) is 50.9 Å². The summed E-state index contributed by atoms with van der Waals surface area (Å²) in [5.41, 5.74) is 2.70. The lowest BCUT2D eigenvalue weighted by Gasteiger charge is -2.32. The molecule has 1 fully saturated rings. The summed E-state index contributed by atoms with van der Waals surface area (Å²) < 4.78 is 5.24. The van der Waals surface area contributed by atoms with Gasteiger partial charge in [-0.15, -0.1) is 24.0 Å². The van der Waals surface area contributed by atoms with Gasteiger partial charge >= 0.3 is 0 Å². The molecule has 0 spiro atoms. The van der Waals surface area contributed by atoms with Crippen molar-refractivity contribution >= 4 is 29.9 Å². The minimum absolute atomic E-state index is 0. The second-order valence-corrected chi connectivity index (χ2v) is 7.68. The number of hydrogen-bond donors (Lipinski definition) is 2. The van der Waals surface area contributed by atoms with E-state index in [1.165, 1.54) is 24.0 Å². The number of methoxy groups -OCH3 is 1. The first-order valence-electron chi connectivity index (χ1n) is 10.6. The maximum atomic E-state index is 5.24. The smallest absolute Gasteiger partial charge is 0.190 e. The number of guanidine groups is 1. The second-order valence-electron chi connectivity index (χ2n) is 7.68. The van der Waals surface area contributed by atoms with E-state index in [-0.39, 0.29) is 24.0 Å². The first kappa shape index (κ1) is 24.5. The molecule has 1 aliphatic heterocycles. The number of nitrogens with zero attached hydrogens (tertiary/aromatic N) is 2. The molecule has 0 aliphatic carbocycles. The van der Waals surface area contributed by atoms with Crippen molar-refractivity contribution in [1.82, 2.24) is 15.5 Å². The summed E-state index contributed by atoms with van der Waals surface area (Å²) in [7, 11) is 3.55. The van der Waals surface area contributed by atoms with Gasteiger partial charge in [0.2, 0.25) is 0 Å². The van der Waals surface area contributed by atoms with Gasteiger partial charge in [0.25, 0.3) is 0 Å². The molecule has 2 aromatic carbocycles. The normalized spacial score (nSPS) is 15.3. The van der Waals surface area contributed by atoms with Crippen LogP contribution in [-0.2, 0) is 13.0 Å². The summed E-state index contributed by atoms with van der Waals surface area (Å²) in [6, 6.07) is 19.0. The van der Waals surface area contributed by atoms with Gasteiger partial charge in [0.15, 0.2) is 5.96 Å². The van der Waals surface area contributed by atoms with Crippen molar-refractivity contribution in [2.75, 3.05) is 40.3 Å². The molecule has 30 heavy (non-hydrogen) atoms. The number of likely N-dealkylation sites (tertiary alicyclic amines) is 1. The van der Waals surface area contributed by atoms with Crippen molar-refractivity contribution in [2.45, 2.75) is 25.8 Å². The number of halogens is 1. The highest BCUT2D eigenvalue weighted by atomic mass is 127. The quantitative estimate of drug-likeness (QED) is 0.314. The van der Waals surface area contributed by atoms with Crippen LogP contribution in [0, 0.1) is 5.92 Å². The van der Waals surface area contributed by atoms with Crippen molar-refractivity contribution in [3.63, 3.8) is 0 Å². The van der Waals surface area contributed by atoms with Crippen LogP contribution in [0.5, 0.6) is 5.75 Å². The molecule has 0 saturated carbocycles. The monoisotopic (exact) mass is 522 g/mol. The number of benzene rings is 2. The average Bonchev–Trinajstić information content (AvgIpc) is 2.78. The largest absolute Gasteiger partial charge is 0.497 e. The SMILES string of the molecule is CN=C(NCCc1ccccc1)NCC1CCN(Cc2ccc(OC)cc2)CC1.I. The fraction of sp³-hybridized carbons (Fsp3) is 0.458. The summed E-state index contributed by atoms with van der Waals surface area (Å²) in [6.07, 6.45) is 3.46. The van der Waals surface area contributed by atoms with Gasteiger partial charge < -0.3 is 15.4 Å². The van der Waals surface area contributed by atoms with Crippen LogP contribution >= 0.6 is 24.0 Å². The number of piperidine rings is 1. The highest BCUT2D eigenvalue weighted by molar-refractivity contribution is 14.0. The number of nitrogens with one attached hydrogen (secondary N) is 2. The molecule has 0 amide bonds. The van der Waals surface area contributed by atoms with E-state index in [2.05, 4.69) is 63.0 Å². The van der Waals surface area contributed by atoms with Crippen molar-refractivity contribution < 1.29 is 4.74 Å². The lowest BCUT2D eigenvalue weighted by Crippen LogP contribution is -2.43. The van der Waals surface area contributed by atoms with Gasteiger partial charge in [0.1, 0.15) is 5.75 Å². The van der Waals surface area contributed by atoms with Gasteiger partial charge in [0, 0.05) is 26.7 Å². The Morgan fingerprint density at radius 2 is 1.70 bits per heavy atom. The third-order valence-corrected chi connectivity index (χ3v) is 5.60. The summed E-state index contributed by atoms with van der Waals surface area (Å²) in [6.45, 7) is 5.20. The van der Waals surface area contributed by atoms with Crippen LogP contribution in [0.15, 0.2) is 59.6 Å². The molecular weight excluding hydrogens is 487 g/mol. The fourth-order valence-electron chi connectivity index (χ4n) is 3.77. The molecule has 1 saturated heterocycles. The molecule has 2 N–H and O–H groups in total. The molecule has 0 bridgehead atoms. The minimum atomic E-state index is 0. The maximum absolute atomic E-state index is 5.24. The molecular formula is C24H35IN4O. The summed E-state index contributed by atoms with van der Waals surface area (Å²) in [4.78, 5) is 6.91. The van der Waals surface area contributed by atoms with E-state index in [4.69, 9.17) is 4.74 Å². The Bertz CT molecular complexity index is 744. The predicted octanol–water partition coefficient (Wildman–Crippen LogP) is 3.93. The highest BCUT2D eigenvalue weighted by Gasteiger charge is 2.19. The molecule has 0 aromatic heterocycles. The predicted molar refractivity (Wildman–Crippen MR) is 136 cm³/mol. The lowest BCUT2D eigenvalue weighted by molar-refractivity contribution is 0.178. The minimum Gasteiger partial charge on any atom is -0.497 e. The molecule has 2 aromatic rings. The molecule has 6 heteroatoms. The third kappa shape index (κ3) is 8.14. The fourth-order valence-corrected chi connectivity index (χ4v) is 3.77. The number of aliphatic imine (C=N–C) groups is 1.